The zero-order valence-electron chi connectivity index (χ0n) is 14.9. The summed E-state index contributed by atoms with van der Waals surface area (Å²) in [7, 11) is 3.16. The first-order chi connectivity index (χ1) is 12.1. The van der Waals surface area contributed by atoms with E-state index in [0.717, 1.165) is 31.2 Å². The lowest BCUT2D eigenvalue weighted by Gasteiger charge is -2.19. The van der Waals surface area contributed by atoms with Crippen LogP contribution in [-0.2, 0) is 16.1 Å². The predicted octanol–water partition coefficient (Wildman–Crippen LogP) is 2.16. The summed E-state index contributed by atoms with van der Waals surface area (Å²) in [4.78, 5) is 25.1. The van der Waals surface area contributed by atoms with Crippen molar-refractivity contribution >= 4 is 11.8 Å². The van der Waals surface area contributed by atoms with Gasteiger partial charge in [0.2, 0.25) is 11.8 Å². The van der Waals surface area contributed by atoms with E-state index in [0.29, 0.717) is 30.9 Å². The maximum atomic E-state index is 12.6. The van der Waals surface area contributed by atoms with E-state index in [1.54, 1.807) is 20.3 Å². The molecule has 0 bridgehead atoms. The molecule has 0 aliphatic heterocycles. The second-order valence-electron chi connectivity index (χ2n) is 6.91. The van der Waals surface area contributed by atoms with Crippen molar-refractivity contribution in [3.05, 3.63) is 23.8 Å². The Hall–Kier alpha value is -2.24. The second-order valence-corrected chi connectivity index (χ2v) is 6.91. The summed E-state index contributed by atoms with van der Waals surface area (Å²) in [6.07, 6.45) is 5.61. The SMILES string of the molecule is COc1ccc(CNC(=O)C2(C(=O)NC3CCCC3)CC2)cc1OC. The molecule has 2 amide bonds. The number of amides is 2. The van der Waals surface area contributed by atoms with Crippen LogP contribution in [0.2, 0.25) is 0 Å². The van der Waals surface area contributed by atoms with Crippen LogP contribution in [0.15, 0.2) is 18.2 Å². The number of nitrogens with one attached hydrogen (secondary N) is 2. The van der Waals surface area contributed by atoms with Gasteiger partial charge in [0.1, 0.15) is 5.41 Å². The van der Waals surface area contributed by atoms with Gasteiger partial charge in [0, 0.05) is 12.6 Å². The van der Waals surface area contributed by atoms with Gasteiger partial charge in [-0.1, -0.05) is 18.9 Å². The summed E-state index contributed by atoms with van der Waals surface area (Å²) in [6.45, 7) is 0.359. The largest absolute Gasteiger partial charge is 0.493 e. The number of ether oxygens (including phenoxy) is 2. The Labute approximate surface area is 148 Å². The highest BCUT2D eigenvalue weighted by molar-refractivity contribution is 6.07. The molecular weight excluding hydrogens is 320 g/mol. The molecule has 2 fully saturated rings. The van der Waals surface area contributed by atoms with Crippen LogP contribution in [-0.4, -0.2) is 32.1 Å². The molecule has 3 rings (SSSR count). The fourth-order valence-electron chi connectivity index (χ4n) is 3.42. The van der Waals surface area contributed by atoms with Gasteiger partial charge in [-0.15, -0.1) is 0 Å². The van der Waals surface area contributed by atoms with Crippen LogP contribution in [0.4, 0.5) is 0 Å². The van der Waals surface area contributed by atoms with Crippen molar-refractivity contribution < 1.29 is 19.1 Å². The van der Waals surface area contributed by atoms with Crippen molar-refractivity contribution in [1.82, 2.24) is 10.6 Å². The first-order valence-corrected chi connectivity index (χ1v) is 8.89. The highest BCUT2D eigenvalue weighted by atomic mass is 16.5. The van der Waals surface area contributed by atoms with Crippen LogP contribution in [0.1, 0.15) is 44.1 Å². The molecule has 6 nitrogen and oxygen atoms in total. The zero-order chi connectivity index (χ0) is 17.9. The lowest BCUT2D eigenvalue weighted by molar-refractivity contribution is -0.137. The van der Waals surface area contributed by atoms with Crippen LogP contribution < -0.4 is 20.1 Å². The maximum absolute atomic E-state index is 12.6. The molecule has 0 heterocycles. The Morgan fingerprint density at radius 3 is 2.36 bits per heavy atom. The van der Waals surface area contributed by atoms with Gasteiger partial charge >= 0.3 is 0 Å². The highest BCUT2D eigenvalue weighted by Crippen LogP contribution is 2.46. The minimum atomic E-state index is -0.862. The fourth-order valence-corrected chi connectivity index (χ4v) is 3.42. The predicted molar refractivity (Wildman–Crippen MR) is 93.5 cm³/mol. The van der Waals surface area contributed by atoms with Crippen LogP contribution in [0.25, 0.3) is 0 Å². The molecule has 0 spiro atoms. The molecule has 0 atom stereocenters. The number of rotatable bonds is 7. The van der Waals surface area contributed by atoms with Gasteiger partial charge in [-0.05, 0) is 43.4 Å². The van der Waals surface area contributed by atoms with Crippen molar-refractivity contribution in [3.8, 4) is 11.5 Å². The van der Waals surface area contributed by atoms with Gasteiger partial charge in [-0.25, -0.2) is 0 Å². The minimum Gasteiger partial charge on any atom is -0.493 e. The number of carbonyl (C=O) groups excluding carboxylic acids is 2. The molecule has 2 N–H and O–H groups in total. The third-order valence-electron chi connectivity index (χ3n) is 5.21. The van der Waals surface area contributed by atoms with E-state index in [-0.39, 0.29) is 17.9 Å². The molecule has 136 valence electrons. The summed E-state index contributed by atoms with van der Waals surface area (Å²) >= 11 is 0. The molecule has 1 aromatic rings. The number of methoxy groups -OCH3 is 2. The lowest BCUT2D eigenvalue weighted by atomic mass is 10.0. The van der Waals surface area contributed by atoms with E-state index in [4.69, 9.17) is 9.47 Å². The van der Waals surface area contributed by atoms with Crippen LogP contribution >= 0.6 is 0 Å². The molecule has 2 saturated carbocycles. The molecule has 0 unspecified atom stereocenters. The normalized spacial score (nSPS) is 18.5. The average molecular weight is 346 g/mol. The topological polar surface area (TPSA) is 76.7 Å². The van der Waals surface area contributed by atoms with Gasteiger partial charge in [0.25, 0.3) is 0 Å². The smallest absolute Gasteiger partial charge is 0.235 e. The number of hydrogen-bond acceptors (Lipinski definition) is 4. The Morgan fingerprint density at radius 1 is 1.08 bits per heavy atom. The van der Waals surface area contributed by atoms with E-state index in [1.165, 1.54) is 0 Å². The number of hydrogen-bond donors (Lipinski definition) is 2. The van der Waals surface area contributed by atoms with Crippen molar-refractivity contribution in [3.63, 3.8) is 0 Å². The monoisotopic (exact) mass is 346 g/mol. The average Bonchev–Trinajstić information content (AvgIpc) is 3.30. The summed E-state index contributed by atoms with van der Waals surface area (Å²) in [6, 6.07) is 5.75. The molecule has 0 radical (unpaired) electrons. The number of benzene rings is 1. The van der Waals surface area contributed by atoms with E-state index in [2.05, 4.69) is 10.6 Å². The second kappa shape index (κ2) is 7.33. The van der Waals surface area contributed by atoms with Crippen molar-refractivity contribution in [1.29, 1.82) is 0 Å². The molecule has 25 heavy (non-hydrogen) atoms. The van der Waals surface area contributed by atoms with Gasteiger partial charge in [0.05, 0.1) is 14.2 Å². The summed E-state index contributed by atoms with van der Waals surface area (Å²) in [5.74, 6) is 0.975. The lowest BCUT2D eigenvalue weighted by Crippen LogP contribution is -2.45. The first kappa shape index (κ1) is 17.6. The standard InChI is InChI=1S/C19H26N2O4/c1-24-15-8-7-13(11-16(15)25-2)12-20-17(22)19(9-10-19)18(23)21-14-5-3-4-6-14/h7-8,11,14H,3-6,9-10,12H2,1-2H3,(H,20,22)(H,21,23). The summed E-state index contributed by atoms with van der Waals surface area (Å²) in [5.41, 5.74) is 0.0390. The Balaban J connectivity index is 1.57. The Morgan fingerprint density at radius 2 is 1.76 bits per heavy atom. The van der Waals surface area contributed by atoms with E-state index >= 15 is 0 Å². The molecular formula is C19H26N2O4. The van der Waals surface area contributed by atoms with E-state index in [9.17, 15) is 9.59 Å². The van der Waals surface area contributed by atoms with E-state index in [1.807, 2.05) is 12.1 Å². The highest BCUT2D eigenvalue weighted by Gasteiger charge is 2.56. The fraction of sp³-hybridized carbons (Fsp3) is 0.579. The van der Waals surface area contributed by atoms with Crippen molar-refractivity contribution in [2.45, 2.75) is 51.1 Å². The molecule has 0 aromatic heterocycles. The van der Waals surface area contributed by atoms with Crippen LogP contribution in [0.5, 0.6) is 11.5 Å². The van der Waals surface area contributed by atoms with Crippen LogP contribution in [0.3, 0.4) is 0 Å². The number of carbonyl (C=O) groups is 2. The third kappa shape index (κ3) is 3.72. The van der Waals surface area contributed by atoms with Crippen LogP contribution in [0, 0.1) is 5.41 Å². The van der Waals surface area contributed by atoms with Gasteiger partial charge < -0.3 is 20.1 Å². The first-order valence-electron chi connectivity index (χ1n) is 8.89. The summed E-state index contributed by atoms with van der Waals surface area (Å²) in [5, 5.41) is 5.96. The van der Waals surface area contributed by atoms with Crippen molar-refractivity contribution in [2.75, 3.05) is 14.2 Å². The Kier molecular flexibility index (Phi) is 5.16. The maximum Gasteiger partial charge on any atom is 0.235 e. The molecule has 6 heteroatoms. The zero-order valence-corrected chi connectivity index (χ0v) is 14.9. The molecule has 1 aromatic carbocycles. The van der Waals surface area contributed by atoms with Crippen molar-refractivity contribution in [2.24, 2.45) is 5.41 Å². The third-order valence-corrected chi connectivity index (χ3v) is 5.21. The Bertz CT molecular complexity index is 649. The minimum absolute atomic E-state index is 0.107. The molecule has 0 saturated heterocycles. The van der Waals surface area contributed by atoms with Gasteiger partial charge in [-0.2, -0.15) is 0 Å². The van der Waals surface area contributed by atoms with Gasteiger partial charge in [-0.3, -0.25) is 9.59 Å². The van der Waals surface area contributed by atoms with Gasteiger partial charge in [0.15, 0.2) is 11.5 Å². The molecule has 2 aliphatic carbocycles. The summed E-state index contributed by atoms with van der Waals surface area (Å²) < 4.78 is 10.5. The quantitative estimate of drug-likeness (QED) is 0.742. The molecule has 2 aliphatic rings. The van der Waals surface area contributed by atoms with E-state index < -0.39 is 5.41 Å².